The maximum atomic E-state index is 5.70. The van der Waals surface area contributed by atoms with Gasteiger partial charge >= 0.3 is 0 Å². The van der Waals surface area contributed by atoms with Crippen molar-refractivity contribution in [2.45, 2.75) is 13.1 Å². The normalized spacial score (nSPS) is 13.8. The van der Waals surface area contributed by atoms with Crippen molar-refractivity contribution < 1.29 is 18.9 Å². The minimum Gasteiger partial charge on any atom is -0.493 e. The number of nitrogens with zero attached hydrogens (tertiary/aromatic N) is 3. The van der Waals surface area contributed by atoms with Crippen LogP contribution in [0, 0.1) is 0 Å². The van der Waals surface area contributed by atoms with Gasteiger partial charge in [-0.2, -0.15) is 0 Å². The van der Waals surface area contributed by atoms with Gasteiger partial charge in [0.1, 0.15) is 0 Å². The lowest BCUT2D eigenvalue weighted by Gasteiger charge is -2.34. The van der Waals surface area contributed by atoms with Crippen LogP contribution in [0.5, 0.6) is 23.0 Å². The third kappa shape index (κ3) is 2.92. The second-order valence-corrected chi connectivity index (χ2v) is 7.97. The SMILES string of the molecule is COc1cc2c(cc1OC)-c1ccc3cc4c(cc3c1N(CCn1ccnc1)C2)OCO4. The maximum Gasteiger partial charge on any atom is 0.231 e. The molecule has 0 amide bonds. The molecule has 6 rings (SSSR count). The highest BCUT2D eigenvalue weighted by Gasteiger charge is 2.27. The Labute approximate surface area is 185 Å². The summed E-state index contributed by atoms with van der Waals surface area (Å²) >= 11 is 0. The summed E-state index contributed by atoms with van der Waals surface area (Å²) in [6.07, 6.45) is 5.66. The number of fused-ring (bicyclic) bond motifs is 6. The summed E-state index contributed by atoms with van der Waals surface area (Å²) < 4.78 is 24.6. The zero-order valence-electron chi connectivity index (χ0n) is 18.0. The standard InChI is InChI=1S/C25H23N3O4/c1-29-21-10-17-13-28(8-7-27-6-5-26-14-27)25-18(19(17)11-22(21)30-2)4-3-16-9-23-24(12-20(16)25)32-15-31-23/h3-6,9-12,14H,7-8,13,15H2,1-2H3. The number of imidazole rings is 1. The highest BCUT2D eigenvalue weighted by atomic mass is 16.7. The molecule has 0 saturated heterocycles. The first kappa shape index (κ1) is 18.9. The Morgan fingerprint density at radius 2 is 1.75 bits per heavy atom. The third-order valence-corrected chi connectivity index (χ3v) is 6.25. The van der Waals surface area contributed by atoms with Crippen molar-refractivity contribution in [1.29, 1.82) is 0 Å². The van der Waals surface area contributed by atoms with Crippen molar-refractivity contribution in [3.05, 3.63) is 60.7 Å². The molecule has 0 unspecified atom stereocenters. The lowest BCUT2D eigenvalue weighted by atomic mass is 9.89. The van der Waals surface area contributed by atoms with Crippen LogP contribution in [0.15, 0.2) is 55.1 Å². The van der Waals surface area contributed by atoms with E-state index in [1.807, 2.05) is 18.7 Å². The zero-order chi connectivity index (χ0) is 21.7. The highest BCUT2D eigenvalue weighted by molar-refractivity contribution is 6.05. The molecular formula is C25H23N3O4. The molecule has 162 valence electrons. The monoisotopic (exact) mass is 429 g/mol. The molecule has 4 aromatic rings. The van der Waals surface area contributed by atoms with E-state index in [0.717, 1.165) is 59.0 Å². The molecule has 7 heteroatoms. The van der Waals surface area contributed by atoms with Crippen LogP contribution in [0.25, 0.3) is 21.9 Å². The van der Waals surface area contributed by atoms with Crippen molar-refractivity contribution >= 4 is 16.5 Å². The van der Waals surface area contributed by atoms with Crippen molar-refractivity contribution in [2.24, 2.45) is 0 Å². The largest absolute Gasteiger partial charge is 0.493 e. The minimum absolute atomic E-state index is 0.262. The van der Waals surface area contributed by atoms with Crippen LogP contribution in [0.4, 0.5) is 5.69 Å². The number of methoxy groups -OCH3 is 2. The van der Waals surface area contributed by atoms with E-state index in [1.165, 1.54) is 16.8 Å². The van der Waals surface area contributed by atoms with E-state index < -0.39 is 0 Å². The first-order chi connectivity index (χ1) is 15.7. The zero-order valence-corrected chi connectivity index (χ0v) is 18.0. The van der Waals surface area contributed by atoms with Crippen molar-refractivity contribution in [1.82, 2.24) is 9.55 Å². The number of ether oxygens (including phenoxy) is 4. The summed E-state index contributed by atoms with van der Waals surface area (Å²) in [4.78, 5) is 6.61. The van der Waals surface area contributed by atoms with Gasteiger partial charge in [0.05, 0.1) is 26.2 Å². The van der Waals surface area contributed by atoms with Gasteiger partial charge in [-0.25, -0.2) is 4.98 Å². The lowest BCUT2D eigenvalue weighted by Crippen LogP contribution is -2.30. The first-order valence-corrected chi connectivity index (χ1v) is 10.6. The summed E-state index contributed by atoms with van der Waals surface area (Å²) in [5.41, 5.74) is 4.74. The van der Waals surface area contributed by atoms with Crippen LogP contribution in [-0.2, 0) is 13.1 Å². The van der Waals surface area contributed by atoms with E-state index in [9.17, 15) is 0 Å². The number of hydrogen-bond donors (Lipinski definition) is 0. The van der Waals surface area contributed by atoms with Crippen molar-refractivity contribution in [3.8, 4) is 34.1 Å². The predicted molar refractivity (Wildman–Crippen MR) is 122 cm³/mol. The molecule has 3 heterocycles. The van der Waals surface area contributed by atoms with Gasteiger partial charge in [-0.1, -0.05) is 12.1 Å². The summed E-state index contributed by atoms with van der Waals surface area (Å²) in [7, 11) is 3.35. The second-order valence-electron chi connectivity index (χ2n) is 7.97. The molecule has 0 N–H and O–H groups in total. The average Bonchev–Trinajstić information content (AvgIpc) is 3.51. The van der Waals surface area contributed by atoms with Gasteiger partial charge in [0.2, 0.25) is 6.79 Å². The molecule has 0 spiro atoms. The Bertz CT molecular complexity index is 1320. The van der Waals surface area contributed by atoms with E-state index in [2.05, 4.69) is 50.8 Å². The van der Waals surface area contributed by atoms with E-state index in [1.54, 1.807) is 14.2 Å². The number of hydrogen-bond acceptors (Lipinski definition) is 6. The molecule has 32 heavy (non-hydrogen) atoms. The van der Waals surface area contributed by atoms with E-state index in [0.29, 0.717) is 0 Å². The minimum atomic E-state index is 0.262. The Kier molecular flexibility index (Phi) is 4.35. The van der Waals surface area contributed by atoms with Crippen LogP contribution in [0.1, 0.15) is 5.56 Å². The van der Waals surface area contributed by atoms with Gasteiger partial charge in [-0.3, -0.25) is 0 Å². The molecule has 0 radical (unpaired) electrons. The van der Waals surface area contributed by atoms with Crippen LogP contribution in [0.3, 0.4) is 0 Å². The predicted octanol–water partition coefficient (Wildman–Crippen LogP) is 4.47. The molecule has 1 aromatic heterocycles. The Hall–Kier alpha value is -3.87. The molecule has 2 aliphatic heterocycles. The van der Waals surface area contributed by atoms with Gasteiger partial charge in [-0.15, -0.1) is 0 Å². The summed E-state index contributed by atoms with van der Waals surface area (Å²) in [5, 5.41) is 2.28. The number of anilines is 1. The van der Waals surface area contributed by atoms with Gasteiger partial charge in [0, 0.05) is 43.0 Å². The number of aromatic nitrogens is 2. The smallest absolute Gasteiger partial charge is 0.231 e. The third-order valence-electron chi connectivity index (χ3n) is 6.25. The van der Waals surface area contributed by atoms with Gasteiger partial charge in [-0.05, 0) is 40.8 Å². The van der Waals surface area contributed by atoms with Crippen molar-refractivity contribution in [2.75, 3.05) is 32.5 Å². The summed E-state index contributed by atoms with van der Waals surface area (Å²) in [6.45, 7) is 2.71. The topological polar surface area (TPSA) is 58.0 Å². The Balaban J connectivity index is 1.54. The highest BCUT2D eigenvalue weighted by Crippen LogP contribution is 2.48. The Morgan fingerprint density at radius 3 is 2.53 bits per heavy atom. The molecule has 7 nitrogen and oxygen atoms in total. The van der Waals surface area contributed by atoms with Gasteiger partial charge in [0.25, 0.3) is 0 Å². The van der Waals surface area contributed by atoms with Crippen LogP contribution in [0.2, 0.25) is 0 Å². The average molecular weight is 429 g/mol. The fraction of sp³-hybridized carbons (Fsp3) is 0.240. The molecule has 0 saturated carbocycles. The van der Waals surface area contributed by atoms with Crippen LogP contribution < -0.4 is 23.8 Å². The molecule has 0 atom stereocenters. The molecular weight excluding hydrogens is 406 g/mol. The maximum absolute atomic E-state index is 5.70. The van der Waals surface area contributed by atoms with Gasteiger partial charge < -0.3 is 28.4 Å². The fourth-order valence-electron chi connectivity index (χ4n) is 4.69. The van der Waals surface area contributed by atoms with Crippen LogP contribution >= 0.6 is 0 Å². The molecule has 0 aliphatic carbocycles. The van der Waals surface area contributed by atoms with E-state index in [-0.39, 0.29) is 6.79 Å². The summed E-state index contributed by atoms with van der Waals surface area (Å²) in [6, 6.07) is 12.7. The van der Waals surface area contributed by atoms with Crippen LogP contribution in [-0.4, -0.2) is 37.1 Å². The second kappa shape index (κ2) is 7.37. The quantitative estimate of drug-likeness (QED) is 0.467. The Morgan fingerprint density at radius 1 is 0.938 bits per heavy atom. The molecule has 0 bridgehead atoms. The number of benzene rings is 3. The molecule has 0 fully saturated rings. The number of rotatable bonds is 5. The molecule has 3 aromatic carbocycles. The fourth-order valence-corrected chi connectivity index (χ4v) is 4.69. The van der Waals surface area contributed by atoms with E-state index >= 15 is 0 Å². The first-order valence-electron chi connectivity index (χ1n) is 10.6. The van der Waals surface area contributed by atoms with Crippen molar-refractivity contribution in [3.63, 3.8) is 0 Å². The lowest BCUT2D eigenvalue weighted by molar-refractivity contribution is 0.174. The molecule has 2 aliphatic rings. The summed E-state index contributed by atoms with van der Waals surface area (Å²) in [5.74, 6) is 3.06. The van der Waals surface area contributed by atoms with E-state index in [4.69, 9.17) is 18.9 Å². The van der Waals surface area contributed by atoms with Gasteiger partial charge in [0.15, 0.2) is 23.0 Å².